The zero-order valence-corrected chi connectivity index (χ0v) is 23.7. The van der Waals surface area contributed by atoms with Crippen molar-refractivity contribution in [2.75, 3.05) is 13.2 Å². The molecule has 37 heavy (non-hydrogen) atoms. The van der Waals surface area contributed by atoms with Crippen molar-refractivity contribution < 1.29 is 14.3 Å². The lowest BCUT2D eigenvalue weighted by Gasteiger charge is -2.32. The highest BCUT2D eigenvalue weighted by Gasteiger charge is 2.30. The normalized spacial score (nSPS) is 11.7. The van der Waals surface area contributed by atoms with Crippen LogP contribution in [0.5, 0.6) is 5.75 Å². The Bertz CT molecular complexity index is 1140. The Balaban J connectivity index is 1.78. The zero-order valence-electron chi connectivity index (χ0n) is 21.3. The van der Waals surface area contributed by atoms with Crippen LogP contribution in [0.3, 0.4) is 0 Å². The summed E-state index contributed by atoms with van der Waals surface area (Å²) in [5.74, 6) is 0.789. The van der Waals surface area contributed by atoms with Crippen LogP contribution in [-0.4, -0.2) is 35.9 Å². The molecule has 3 aromatic rings. The molecule has 0 aliphatic carbocycles. The number of amides is 2. The van der Waals surface area contributed by atoms with Crippen molar-refractivity contribution in [2.45, 2.75) is 45.7 Å². The first-order chi connectivity index (χ1) is 17.8. The second-order valence-electron chi connectivity index (χ2n) is 9.40. The van der Waals surface area contributed by atoms with Crippen LogP contribution in [0.15, 0.2) is 83.3 Å². The monoisotopic (exact) mass is 584 g/mol. The van der Waals surface area contributed by atoms with Crippen LogP contribution in [0, 0.1) is 5.92 Å². The summed E-state index contributed by atoms with van der Waals surface area (Å²) < 4.78 is 6.71. The molecular formula is C30H34BrClN2O3. The second-order valence-corrected chi connectivity index (χ2v) is 10.8. The number of benzene rings is 3. The van der Waals surface area contributed by atoms with Gasteiger partial charge in [-0.05, 0) is 59.9 Å². The van der Waals surface area contributed by atoms with Crippen molar-refractivity contribution in [3.05, 3.63) is 99.5 Å². The molecule has 3 aromatic carbocycles. The molecule has 0 saturated heterocycles. The quantitative estimate of drug-likeness (QED) is 0.228. The molecule has 5 nitrogen and oxygen atoms in total. The van der Waals surface area contributed by atoms with E-state index in [2.05, 4.69) is 35.1 Å². The van der Waals surface area contributed by atoms with Crippen LogP contribution >= 0.6 is 27.5 Å². The van der Waals surface area contributed by atoms with E-state index in [9.17, 15) is 9.59 Å². The Kier molecular flexibility index (Phi) is 11.5. The number of carbonyl (C=O) groups is 2. The van der Waals surface area contributed by atoms with Crippen molar-refractivity contribution in [1.82, 2.24) is 10.2 Å². The molecule has 0 heterocycles. The minimum absolute atomic E-state index is 0.0830. The van der Waals surface area contributed by atoms with E-state index in [1.807, 2.05) is 54.6 Å². The Labute approximate surface area is 233 Å². The van der Waals surface area contributed by atoms with Crippen LogP contribution in [-0.2, 0) is 22.6 Å². The largest absolute Gasteiger partial charge is 0.494 e. The molecule has 0 spiro atoms. The highest BCUT2D eigenvalue weighted by Crippen LogP contribution is 2.20. The van der Waals surface area contributed by atoms with Gasteiger partial charge >= 0.3 is 0 Å². The molecule has 0 unspecified atom stereocenters. The van der Waals surface area contributed by atoms with Crippen molar-refractivity contribution in [3.8, 4) is 5.75 Å². The summed E-state index contributed by atoms with van der Waals surface area (Å²) in [7, 11) is 0. The fourth-order valence-corrected chi connectivity index (χ4v) is 4.47. The highest BCUT2D eigenvalue weighted by molar-refractivity contribution is 9.10. The van der Waals surface area contributed by atoms with Gasteiger partial charge in [-0.25, -0.2) is 0 Å². The van der Waals surface area contributed by atoms with E-state index in [0.29, 0.717) is 49.2 Å². The molecule has 0 aliphatic rings. The fourth-order valence-electron chi connectivity index (χ4n) is 3.90. The predicted octanol–water partition coefficient (Wildman–Crippen LogP) is 6.67. The average molecular weight is 586 g/mol. The number of nitrogens with one attached hydrogen (secondary N) is 1. The first-order valence-electron chi connectivity index (χ1n) is 12.6. The number of hydrogen-bond acceptors (Lipinski definition) is 3. The van der Waals surface area contributed by atoms with Crippen LogP contribution in [0.2, 0.25) is 5.02 Å². The van der Waals surface area contributed by atoms with Crippen molar-refractivity contribution in [2.24, 2.45) is 5.92 Å². The lowest BCUT2D eigenvalue weighted by atomic mass is 10.0. The number of carbonyl (C=O) groups excluding carboxylic acids is 2. The molecule has 0 saturated carbocycles. The van der Waals surface area contributed by atoms with E-state index in [-0.39, 0.29) is 18.2 Å². The van der Waals surface area contributed by atoms with E-state index >= 15 is 0 Å². The van der Waals surface area contributed by atoms with Gasteiger partial charge in [-0.3, -0.25) is 9.59 Å². The molecule has 0 aromatic heterocycles. The summed E-state index contributed by atoms with van der Waals surface area (Å²) in [4.78, 5) is 28.8. The molecule has 1 atom stereocenters. The van der Waals surface area contributed by atoms with E-state index in [1.54, 1.807) is 29.2 Å². The van der Waals surface area contributed by atoms with Gasteiger partial charge in [-0.1, -0.05) is 83.8 Å². The van der Waals surface area contributed by atoms with Gasteiger partial charge < -0.3 is 15.0 Å². The fraction of sp³-hybridized carbons (Fsp3) is 0.333. The lowest BCUT2D eigenvalue weighted by Crippen LogP contribution is -2.51. The maximum absolute atomic E-state index is 13.6. The third-order valence-electron chi connectivity index (χ3n) is 5.81. The van der Waals surface area contributed by atoms with Gasteiger partial charge in [0, 0.05) is 35.4 Å². The number of rotatable bonds is 13. The van der Waals surface area contributed by atoms with Gasteiger partial charge in [-0.15, -0.1) is 0 Å². The van der Waals surface area contributed by atoms with Crippen LogP contribution in [0.25, 0.3) is 0 Å². The smallest absolute Gasteiger partial charge is 0.243 e. The minimum Gasteiger partial charge on any atom is -0.494 e. The van der Waals surface area contributed by atoms with Crippen molar-refractivity contribution >= 4 is 39.3 Å². The molecule has 3 rings (SSSR count). The van der Waals surface area contributed by atoms with Crippen LogP contribution in [0.4, 0.5) is 0 Å². The topological polar surface area (TPSA) is 58.6 Å². The van der Waals surface area contributed by atoms with Gasteiger partial charge in [0.15, 0.2) is 0 Å². The molecule has 0 radical (unpaired) electrons. The maximum Gasteiger partial charge on any atom is 0.243 e. The molecule has 0 aliphatic heterocycles. The SMILES string of the molecule is CC(C)CNC(=O)[C@H](Cc1ccccc1)N(Cc1cccc(Br)c1)C(=O)CCCOc1ccc(Cl)cc1. The van der Waals surface area contributed by atoms with Gasteiger partial charge in [0.05, 0.1) is 6.61 Å². The van der Waals surface area contributed by atoms with E-state index in [4.69, 9.17) is 16.3 Å². The third-order valence-corrected chi connectivity index (χ3v) is 6.56. The van der Waals surface area contributed by atoms with E-state index < -0.39 is 6.04 Å². The highest BCUT2D eigenvalue weighted by atomic mass is 79.9. The summed E-state index contributed by atoms with van der Waals surface area (Å²) in [5, 5.41) is 3.70. The van der Waals surface area contributed by atoms with E-state index in [1.165, 1.54) is 0 Å². The number of ether oxygens (including phenoxy) is 1. The van der Waals surface area contributed by atoms with Crippen molar-refractivity contribution in [3.63, 3.8) is 0 Å². The minimum atomic E-state index is -0.634. The van der Waals surface area contributed by atoms with Gasteiger partial charge in [0.25, 0.3) is 0 Å². The maximum atomic E-state index is 13.6. The van der Waals surface area contributed by atoms with Crippen LogP contribution in [0.1, 0.15) is 37.8 Å². The summed E-state index contributed by atoms with van der Waals surface area (Å²) in [5.41, 5.74) is 1.96. The average Bonchev–Trinajstić information content (AvgIpc) is 2.88. The number of hydrogen-bond donors (Lipinski definition) is 1. The first kappa shape index (κ1) is 28.7. The van der Waals surface area contributed by atoms with Gasteiger partial charge in [-0.2, -0.15) is 0 Å². The molecule has 196 valence electrons. The molecule has 0 fully saturated rings. The molecule has 0 bridgehead atoms. The third kappa shape index (κ3) is 9.86. The standard InChI is InChI=1S/C30H34BrClN2O3/c1-22(2)20-33-30(36)28(19-23-8-4-3-5-9-23)34(21-24-10-6-11-25(31)18-24)29(35)12-7-17-37-27-15-13-26(32)14-16-27/h3-6,8-11,13-16,18,22,28H,7,12,17,19-21H2,1-2H3,(H,33,36)/t28-/m0/s1. The number of nitrogens with zero attached hydrogens (tertiary/aromatic N) is 1. The summed E-state index contributed by atoms with van der Waals surface area (Å²) in [6.45, 7) is 5.39. The Hall–Kier alpha value is -2.83. The summed E-state index contributed by atoms with van der Waals surface area (Å²) >= 11 is 9.46. The first-order valence-corrected chi connectivity index (χ1v) is 13.7. The lowest BCUT2D eigenvalue weighted by molar-refractivity contribution is -0.141. The predicted molar refractivity (Wildman–Crippen MR) is 153 cm³/mol. The Morgan fingerprint density at radius 3 is 2.35 bits per heavy atom. The molecule has 7 heteroatoms. The van der Waals surface area contributed by atoms with Crippen LogP contribution < -0.4 is 10.1 Å². The Morgan fingerprint density at radius 1 is 0.973 bits per heavy atom. The second kappa shape index (κ2) is 14.8. The number of halogens is 2. The zero-order chi connectivity index (χ0) is 26.6. The Morgan fingerprint density at radius 2 is 1.68 bits per heavy atom. The molecular weight excluding hydrogens is 552 g/mol. The van der Waals surface area contributed by atoms with Gasteiger partial charge in [0.2, 0.25) is 11.8 Å². The molecule has 2 amide bonds. The van der Waals surface area contributed by atoms with Gasteiger partial charge in [0.1, 0.15) is 11.8 Å². The molecule has 1 N–H and O–H groups in total. The summed E-state index contributed by atoms with van der Waals surface area (Å²) in [6.07, 6.45) is 1.23. The summed E-state index contributed by atoms with van der Waals surface area (Å²) in [6, 6.07) is 24.2. The van der Waals surface area contributed by atoms with Crippen molar-refractivity contribution in [1.29, 1.82) is 0 Å². The van der Waals surface area contributed by atoms with E-state index in [0.717, 1.165) is 15.6 Å².